The fourth-order valence-corrected chi connectivity index (χ4v) is 4.64. The summed E-state index contributed by atoms with van der Waals surface area (Å²) in [5.41, 5.74) is 0. The van der Waals surface area contributed by atoms with Crippen molar-refractivity contribution in [3.63, 3.8) is 0 Å². The second-order valence-corrected chi connectivity index (χ2v) is 7.96. The molecular weight excluding hydrogens is 326 g/mol. The van der Waals surface area contributed by atoms with E-state index in [-0.39, 0.29) is 30.4 Å². The average Bonchev–Trinajstić information content (AvgIpc) is 2.47. The zero-order valence-electron chi connectivity index (χ0n) is 13.5. The van der Waals surface area contributed by atoms with Crippen molar-refractivity contribution in [2.75, 3.05) is 32.4 Å². The number of hydrogen-bond acceptors (Lipinski definition) is 4. The molecule has 0 spiro atoms. The van der Waals surface area contributed by atoms with Gasteiger partial charge >= 0.3 is 0 Å². The maximum Gasteiger partial charge on any atom is 0.239 e. The highest BCUT2D eigenvalue weighted by Gasteiger charge is 2.32. The number of piperidine rings is 2. The molecule has 0 radical (unpaired) electrons. The van der Waals surface area contributed by atoms with Crippen LogP contribution < -0.4 is 5.32 Å². The Morgan fingerprint density at radius 1 is 1.23 bits per heavy atom. The predicted molar refractivity (Wildman–Crippen MR) is 89.7 cm³/mol. The van der Waals surface area contributed by atoms with Gasteiger partial charge in [-0.1, -0.05) is 13.3 Å². The molecule has 2 saturated heterocycles. The molecule has 0 aromatic rings. The van der Waals surface area contributed by atoms with Crippen LogP contribution in [0.1, 0.15) is 39.0 Å². The zero-order valence-corrected chi connectivity index (χ0v) is 15.1. The molecule has 2 aliphatic heterocycles. The molecule has 0 aliphatic carbocycles. The molecule has 6 nitrogen and oxygen atoms in total. The van der Waals surface area contributed by atoms with Gasteiger partial charge in [0.15, 0.2) is 0 Å². The van der Waals surface area contributed by atoms with E-state index in [2.05, 4.69) is 5.32 Å². The summed E-state index contributed by atoms with van der Waals surface area (Å²) in [5.74, 6) is 0.190. The first-order chi connectivity index (χ1) is 9.93. The van der Waals surface area contributed by atoms with E-state index < -0.39 is 10.0 Å². The minimum absolute atomic E-state index is 0. The van der Waals surface area contributed by atoms with E-state index in [9.17, 15) is 13.2 Å². The van der Waals surface area contributed by atoms with Crippen LogP contribution in [0, 0.1) is 0 Å². The standard InChI is InChI=1S/C14H27N3O3S.ClH/c1-3-17(21(2,19)20)12-7-10-16(11-8-12)14(18)13-6-4-5-9-15-13;/h12-13,15H,3-11H2,1-2H3;1H. The lowest BCUT2D eigenvalue weighted by Gasteiger charge is -2.38. The van der Waals surface area contributed by atoms with Gasteiger partial charge in [-0.15, -0.1) is 12.4 Å². The van der Waals surface area contributed by atoms with Gasteiger partial charge in [-0.3, -0.25) is 4.79 Å². The molecule has 1 unspecified atom stereocenters. The maximum absolute atomic E-state index is 12.4. The number of likely N-dealkylation sites (tertiary alicyclic amines) is 1. The fraction of sp³-hybridized carbons (Fsp3) is 0.929. The van der Waals surface area contributed by atoms with Crippen LogP contribution in [0.15, 0.2) is 0 Å². The Kier molecular flexibility index (Phi) is 7.58. The van der Waals surface area contributed by atoms with Gasteiger partial charge in [0, 0.05) is 25.7 Å². The molecule has 1 atom stereocenters. The largest absolute Gasteiger partial charge is 0.341 e. The maximum atomic E-state index is 12.4. The molecule has 22 heavy (non-hydrogen) atoms. The van der Waals surface area contributed by atoms with Gasteiger partial charge in [0.25, 0.3) is 0 Å². The van der Waals surface area contributed by atoms with Crippen molar-refractivity contribution in [2.24, 2.45) is 0 Å². The summed E-state index contributed by atoms with van der Waals surface area (Å²) in [6.07, 6.45) is 5.91. The summed E-state index contributed by atoms with van der Waals surface area (Å²) in [4.78, 5) is 14.3. The SMILES string of the molecule is CCN(C1CCN(C(=O)C2CCCCN2)CC1)S(C)(=O)=O.Cl. The summed E-state index contributed by atoms with van der Waals surface area (Å²) >= 11 is 0. The van der Waals surface area contributed by atoms with Crippen molar-refractivity contribution in [2.45, 2.75) is 51.1 Å². The lowest BCUT2D eigenvalue weighted by Crippen LogP contribution is -2.53. The smallest absolute Gasteiger partial charge is 0.239 e. The molecule has 8 heteroatoms. The molecule has 1 N–H and O–H groups in total. The normalized spacial score (nSPS) is 24.1. The Bertz CT molecular complexity index is 458. The van der Waals surface area contributed by atoms with Crippen molar-refractivity contribution in [3.8, 4) is 0 Å². The third-order valence-electron chi connectivity index (χ3n) is 4.53. The van der Waals surface area contributed by atoms with Crippen LogP contribution >= 0.6 is 12.4 Å². The summed E-state index contributed by atoms with van der Waals surface area (Å²) in [5, 5.41) is 3.29. The number of hydrogen-bond donors (Lipinski definition) is 1. The lowest BCUT2D eigenvalue weighted by molar-refractivity contribution is -0.135. The van der Waals surface area contributed by atoms with Crippen LogP contribution in [0.2, 0.25) is 0 Å². The highest BCUT2D eigenvalue weighted by molar-refractivity contribution is 7.88. The molecule has 0 bridgehead atoms. The van der Waals surface area contributed by atoms with Crippen LogP contribution in [0.4, 0.5) is 0 Å². The van der Waals surface area contributed by atoms with Crippen LogP contribution in [0.3, 0.4) is 0 Å². The Morgan fingerprint density at radius 2 is 1.86 bits per heavy atom. The zero-order chi connectivity index (χ0) is 15.5. The molecule has 0 aromatic carbocycles. The van der Waals surface area contributed by atoms with Crippen LogP contribution in [0.25, 0.3) is 0 Å². The monoisotopic (exact) mass is 353 g/mol. The van der Waals surface area contributed by atoms with Crippen LogP contribution in [-0.2, 0) is 14.8 Å². The minimum Gasteiger partial charge on any atom is -0.341 e. The molecule has 2 fully saturated rings. The first kappa shape index (κ1) is 19.7. The number of sulfonamides is 1. The van der Waals surface area contributed by atoms with E-state index in [1.807, 2.05) is 11.8 Å². The Hall–Kier alpha value is -0.370. The highest BCUT2D eigenvalue weighted by atomic mass is 35.5. The van der Waals surface area contributed by atoms with Gasteiger partial charge in [0.05, 0.1) is 12.3 Å². The first-order valence-corrected chi connectivity index (χ1v) is 9.77. The van der Waals surface area contributed by atoms with Gasteiger partial charge in [0.2, 0.25) is 15.9 Å². The van der Waals surface area contributed by atoms with Crippen LogP contribution in [0.5, 0.6) is 0 Å². The molecule has 0 saturated carbocycles. The number of halogens is 1. The number of nitrogens with zero attached hydrogens (tertiary/aromatic N) is 2. The summed E-state index contributed by atoms with van der Waals surface area (Å²) in [6, 6.07) is 0.000788. The Balaban J connectivity index is 0.00000242. The number of nitrogens with one attached hydrogen (secondary N) is 1. The average molecular weight is 354 g/mol. The Labute approximate surface area is 140 Å². The number of amides is 1. The molecule has 2 rings (SSSR count). The van der Waals surface area contributed by atoms with E-state index in [1.54, 1.807) is 4.31 Å². The predicted octanol–water partition coefficient (Wildman–Crippen LogP) is 0.823. The fourth-order valence-electron chi connectivity index (χ4n) is 3.42. The lowest BCUT2D eigenvalue weighted by atomic mass is 10.0. The second kappa shape index (κ2) is 8.47. The Morgan fingerprint density at radius 3 is 2.32 bits per heavy atom. The molecule has 2 aliphatic rings. The third-order valence-corrected chi connectivity index (χ3v) is 5.94. The van der Waals surface area contributed by atoms with E-state index in [0.29, 0.717) is 19.6 Å². The van der Waals surface area contributed by atoms with Gasteiger partial charge in [-0.25, -0.2) is 8.42 Å². The van der Waals surface area contributed by atoms with Gasteiger partial charge in [-0.05, 0) is 32.2 Å². The van der Waals surface area contributed by atoms with E-state index in [1.165, 1.54) is 6.26 Å². The highest BCUT2D eigenvalue weighted by Crippen LogP contribution is 2.20. The summed E-state index contributed by atoms with van der Waals surface area (Å²) in [7, 11) is -3.16. The molecule has 2 heterocycles. The summed E-state index contributed by atoms with van der Waals surface area (Å²) in [6.45, 7) is 4.61. The minimum atomic E-state index is -3.16. The molecule has 1 amide bonds. The first-order valence-electron chi connectivity index (χ1n) is 7.92. The number of carbonyl (C=O) groups is 1. The number of rotatable bonds is 4. The van der Waals surface area contributed by atoms with E-state index >= 15 is 0 Å². The van der Waals surface area contributed by atoms with Crippen LogP contribution in [-0.4, -0.2) is 68.0 Å². The second-order valence-electron chi connectivity index (χ2n) is 6.03. The molecular formula is C14H28ClN3O3S. The third kappa shape index (κ3) is 4.81. The van der Waals surface area contributed by atoms with Crippen molar-refractivity contribution < 1.29 is 13.2 Å². The van der Waals surface area contributed by atoms with Gasteiger partial charge < -0.3 is 10.2 Å². The van der Waals surface area contributed by atoms with Gasteiger partial charge in [0.1, 0.15) is 0 Å². The van der Waals surface area contributed by atoms with Gasteiger partial charge in [-0.2, -0.15) is 4.31 Å². The van der Waals surface area contributed by atoms with Crippen molar-refractivity contribution in [1.82, 2.24) is 14.5 Å². The van der Waals surface area contributed by atoms with Crippen molar-refractivity contribution in [1.29, 1.82) is 0 Å². The quantitative estimate of drug-likeness (QED) is 0.812. The molecule has 0 aromatic heterocycles. The number of carbonyl (C=O) groups excluding carboxylic acids is 1. The van der Waals surface area contributed by atoms with E-state index in [4.69, 9.17) is 0 Å². The van der Waals surface area contributed by atoms with Crippen molar-refractivity contribution in [3.05, 3.63) is 0 Å². The topological polar surface area (TPSA) is 69.7 Å². The van der Waals surface area contributed by atoms with E-state index in [0.717, 1.165) is 38.6 Å². The van der Waals surface area contributed by atoms with Crippen molar-refractivity contribution >= 4 is 28.3 Å². The molecule has 130 valence electrons. The summed E-state index contributed by atoms with van der Waals surface area (Å²) < 4.78 is 25.1.